The largest absolute Gasteiger partial charge is 0.339 e. The average molecular weight is 372 g/mol. The highest BCUT2D eigenvalue weighted by molar-refractivity contribution is 7.89. The van der Waals surface area contributed by atoms with Crippen LogP contribution in [0.2, 0.25) is 0 Å². The quantitative estimate of drug-likeness (QED) is 0.708. The van der Waals surface area contributed by atoms with Crippen molar-refractivity contribution in [1.29, 1.82) is 0 Å². The molecule has 0 unspecified atom stereocenters. The van der Waals surface area contributed by atoms with Crippen LogP contribution in [-0.4, -0.2) is 43.8 Å². The highest BCUT2D eigenvalue weighted by Crippen LogP contribution is 2.23. The van der Waals surface area contributed by atoms with Gasteiger partial charge in [0, 0.05) is 43.3 Å². The normalized spacial score (nSPS) is 15.0. The second-order valence-electron chi connectivity index (χ2n) is 6.05. The van der Waals surface area contributed by atoms with Crippen LogP contribution in [0.5, 0.6) is 0 Å². The zero-order valence-electron chi connectivity index (χ0n) is 14.0. The summed E-state index contributed by atoms with van der Waals surface area (Å²) in [5.41, 5.74) is 1.39. The highest BCUT2D eigenvalue weighted by atomic mass is 32.2. The third-order valence-corrected chi connectivity index (χ3v) is 5.99. The molecule has 0 aromatic carbocycles. The summed E-state index contributed by atoms with van der Waals surface area (Å²) in [6.45, 7) is 0.244. The molecule has 10 heteroatoms. The Labute approximate surface area is 149 Å². The van der Waals surface area contributed by atoms with Gasteiger partial charge < -0.3 is 9.55 Å². The van der Waals surface area contributed by atoms with Crippen molar-refractivity contribution < 1.29 is 8.42 Å². The van der Waals surface area contributed by atoms with E-state index in [-0.39, 0.29) is 23.7 Å². The Hall–Kier alpha value is -2.85. The summed E-state index contributed by atoms with van der Waals surface area (Å²) in [6, 6.07) is 3.52. The summed E-state index contributed by atoms with van der Waals surface area (Å²) >= 11 is 0. The van der Waals surface area contributed by atoms with Crippen LogP contribution in [-0.2, 0) is 30.0 Å². The number of aromatic amines is 1. The molecule has 134 valence electrons. The number of pyridine rings is 1. The van der Waals surface area contributed by atoms with Gasteiger partial charge in [-0.1, -0.05) is 0 Å². The van der Waals surface area contributed by atoms with Gasteiger partial charge in [-0.25, -0.2) is 18.4 Å². The fourth-order valence-corrected chi connectivity index (χ4v) is 4.28. The molecule has 1 N–H and O–H groups in total. The molecule has 0 saturated heterocycles. The van der Waals surface area contributed by atoms with Gasteiger partial charge in [-0.3, -0.25) is 9.78 Å². The zero-order valence-corrected chi connectivity index (χ0v) is 14.8. The Morgan fingerprint density at radius 1 is 1.31 bits per heavy atom. The Morgan fingerprint density at radius 2 is 2.15 bits per heavy atom. The molecule has 1 aliphatic rings. The second kappa shape index (κ2) is 6.15. The molecule has 4 heterocycles. The maximum atomic E-state index is 12.8. The van der Waals surface area contributed by atoms with E-state index < -0.39 is 10.0 Å². The lowest BCUT2D eigenvalue weighted by Gasteiger charge is -2.26. The van der Waals surface area contributed by atoms with Gasteiger partial charge in [-0.15, -0.1) is 0 Å². The van der Waals surface area contributed by atoms with E-state index in [0.29, 0.717) is 29.1 Å². The average Bonchev–Trinajstić information content (AvgIpc) is 3.09. The summed E-state index contributed by atoms with van der Waals surface area (Å²) in [5, 5.41) is -0.0132. The fourth-order valence-electron chi connectivity index (χ4n) is 2.91. The molecule has 3 aromatic rings. The van der Waals surface area contributed by atoms with Crippen LogP contribution in [0.25, 0.3) is 11.4 Å². The summed E-state index contributed by atoms with van der Waals surface area (Å²) in [5.74, 6) is 0.374. The van der Waals surface area contributed by atoms with Crippen molar-refractivity contribution in [2.75, 3.05) is 6.54 Å². The Balaban J connectivity index is 1.72. The minimum Gasteiger partial charge on any atom is -0.339 e. The van der Waals surface area contributed by atoms with Gasteiger partial charge in [-0.05, 0) is 18.6 Å². The van der Waals surface area contributed by atoms with Crippen molar-refractivity contribution >= 4 is 10.0 Å². The first kappa shape index (κ1) is 16.6. The van der Waals surface area contributed by atoms with Crippen LogP contribution in [0.1, 0.15) is 11.3 Å². The number of imidazole rings is 1. The minimum atomic E-state index is -3.74. The predicted molar refractivity (Wildman–Crippen MR) is 92.6 cm³/mol. The van der Waals surface area contributed by atoms with Crippen molar-refractivity contribution in [3.8, 4) is 11.4 Å². The lowest BCUT2D eigenvalue weighted by Crippen LogP contribution is -2.39. The molecule has 26 heavy (non-hydrogen) atoms. The third-order valence-electron chi connectivity index (χ3n) is 4.26. The van der Waals surface area contributed by atoms with Crippen molar-refractivity contribution in [3.05, 3.63) is 58.7 Å². The minimum absolute atomic E-state index is 0.0132. The number of aryl methyl sites for hydroxylation is 1. The molecule has 9 nitrogen and oxygen atoms in total. The van der Waals surface area contributed by atoms with Crippen LogP contribution in [0.3, 0.4) is 0 Å². The predicted octanol–water partition coefficient (Wildman–Crippen LogP) is 0.312. The zero-order chi connectivity index (χ0) is 18.3. The van der Waals surface area contributed by atoms with E-state index in [4.69, 9.17) is 0 Å². The van der Waals surface area contributed by atoms with Gasteiger partial charge in [0.25, 0.3) is 15.6 Å². The third kappa shape index (κ3) is 2.82. The molecule has 0 bridgehead atoms. The van der Waals surface area contributed by atoms with Gasteiger partial charge in [0.05, 0.1) is 18.6 Å². The first-order valence-corrected chi connectivity index (χ1v) is 9.40. The van der Waals surface area contributed by atoms with Crippen molar-refractivity contribution in [2.24, 2.45) is 7.05 Å². The lowest BCUT2D eigenvalue weighted by atomic mass is 10.1. The SMILES string of the molecule is Cn1cnc(S(=O)(=O)N2CCc3c(nc(-c4cccnc4)[nH]c3=O)C2)c1. The first-order valence-electron chi connectivity index (χ1n) is 7.96. The monoisotopic (exact) mass is 372 g/mol. The Morgan fingerprint density at radius 3 is 2.85 bits per heavy atom. The van der Waals surface area contributed by atoms with Gasteiger partial charge in [0.2, 0.25) is 0 Å². The molecule has 4 rings (SSSR count). The Kier molecular flexibility index (Phi) is 3.93. The molecule has 0 aliphatic carbocycles. The number of sulfonamides is 1. The van der Waals surface area contributed by atoms with Crippen LogP contribution in [0, 0.1) is 0 Å². The van der Waals surface area contributed by atoms with E-state index in [0.717, 1.165) is 0 Å². The number of nitrogens with one attached hydrogen (secondary N) is 1. The van der Waals surface area contributed by atoms with E-state index in [1.165, 1.54) is 16.8 Å². The van der Waals surface area contributed by atoms with Crippen LogP contribution >= 0.6 is 0 Å². The number of hydrogen-bond acceptors (Lipinski definition) is 6. The molecular formula is C16H16N6O3S. The van der Waals surface area contributed by atoms with Gasteiger partial charge in [0.15, 0.2) is 5.03 Å². The lowest BCUT2D eigenvalue weighted by molar-refractivity contribution is 0.382. The standard InChI is InChI=1S/C16H16N6O3S/c1-21-9-14(18-10-21)26(24,25)22-6-4-12-13(8-22)19-15(20-16(12)23)11-3-2-5-17-7-11/h2-3,5,7,9-10H,4,6,8H2,1H3,(H,19,20,23). The highest BCUT2D eigenvalue weighted by Gasteiger charge is 2.32. The van der Waals surface area contributed by atoms with E-state index in [9.17, 15) is 13.2 Å². The molecule has 0 radical (unpaired) electrons. The van der Waals surface area contributed by atoms with Gasteiger partial charge in [-0.2, -0.15) is 4.31 Å². The van der Waals surface area contributed by atoms with Gasteiger partial charge >= 0.3 is 0 Å². The summed E-state index contributed by atoms with van der Waals surface area (Å²) in [7, 11) is -2.03. The smallest absolute Gasteiger partial charge is 0.262 e. The molecule has 0 amide bonds. The number of rotatable bonds is 3. The molecular weight excluding hydrogens is 356 g/mol. The fraction of sp³-hybridized carbons (Fsp3) is 0.250. The first-order chi connectivity index (χ1) is 12.4. The summed E-state index contributed by atoms with van der Waals surface area (Å²) in [4.78, 5) is 27.6. The summed E-state index contributed by atoms with van der Waals surface area (Å²) in [6.07, 6.45) is 6.42. The second-order valence-corrected chi connectivity index (χ2v) is 7.93. The van der Waals surface area contributed by atoms with Crippen LogP contribution in [0.15, 0.2) is 46.9 Å². The van der Waals surface area contributed by atoms with Gasteiger partial charge in [0.1, 0.15) is 5.82 Å². The number of H-pyrrole nitrogens is 1. The van der Waals surface area contributed by atoms with E-state index >= 15 is 0 Å². The molecule has 0 spiro atoms. The van der Waals surface area contributed by atoms with Crippen molar-refractivity contribution in [3.63, 3.8) is 0 Å². The maximum Gasteiger partial charge on any atom is 0.262 e. The van der Waals surface area contributed by atoms with Crippen LogP contribution in [0.4, 0.5) is 0 Å². The summed E-state index contributed by atoms with van der Waals surface area (Å²) < 4.78 is 28.4. The molecule has 0 saturated carbocycles. The number of aromatic nitrogens is 5. The van der Waals surface area contributed by atoms with Crippen molar-refractivity contribution in [2.45, 2.75) is 18.0 Å². The van der Waals surface area contributed by atoms with Crippen LogP contribution < -0.4 is 5.56 Å². The van der Waals surface area contributed by atoms with E-state index in [2.05, 4.69) is 19.9 Å². The Bertz CT molecular complexity index is 1120. The molecule has 3 aromatic heterocycles. The number of hydrogen-bond donors (Lipinski definition) is 1. The van der Waals surface area contributed by atoms with Crippen molar-refractivity contribution in [1.82, 2.24) is 28.8 Å². The molecule has 0 fully saturated rings. The number of fused-ring (bicyclic) bond motifs is 1. The van der Waals surface area contributed by atoms with E-state index in [1.54, 1.807) is 36.1 Å². The maximum absolute atomic E-state index is 12.8. The van der Waals surface area contributed by atoms with E-state index in [1.807, 2.05) is 0 Å². The molecule has 1 aliphatic heterocycles. The molecule has 0 atom stereocenters. The number of nitrogens with zero attached hydrogens (tertiary/aromatic N) is 5. The topological polar surface area (TPSA) is 114 Å².